The van der Waals surface area contributed by atoms with Crippen LogP contribution >= 0.6 is 0 Å². The van der Waals surface area contributed by atoms with Crippen LogP contribution in [0.25, 0.3) is 0 Å². The fourth-order valence-corrected chi connectivity index (χ4v) is 0.995. The monoisotopic (exact) mass is 189 g/mol. The first kappa shape index (κ1) is 9.76. The van der Waals surface area contributed by atoms with Crippen molar-refractivity contribution >= 4 is 11.9 Å². The van der Waals surface area contributed by atoms with E-state index < -0.39 is 18.8 Å². The lowest BCUT2D eigenvalue weighted by Crippen LogP contribution is -2.46. The zero-order valence-electron chi connectivity index (χ0n) is 7.26. The summed E-state index contributed by atoms with van der Waals surface area (Å²) in [6, 6.07) is -1.46. The highest BCUT2D eigenvalue weighted by Gasteiger charge is 2.27. The molecule has 0 spiro atoms. The molecule has 1 unspecified atom stereocenters. The maximum absolute atomic E-state index is 12.0. The van der Waals surface area contributed by atoms with Crippen LogP contribution < -0.4 is 16.0 Å². The number of hydrogen-bond acceptors (Lipinski definition) is 2. The van der Waals surface area contributed by atoms with Gasteiger partial charge in [-0.15, -0.1) is 0 Å². The van der Waals surface area contributed by atoms with Gasteiger partial charge in [0.05, 0.1) is 6.04 Å². The lowest BCUT2D eigenvalue weighted by atomic mass is 10.2. The predicted octanol–water partition coefficient (Wildman–Crippen LogP) is -0.858. The summed E-state index contributed by atoms with van der Waals surface area (Å²) in [5.74, 6) is -0.358. The summed E-state index contributed by atoms with van der Waals surface area (Å²) in [6.45, 7) is 1.20. The molecule has 2 atom stereocenters. The quantitative estimate of drug-likeness (QED) is 0.540. The summed E-state index contributed by atoms with van der Waals surface area (Å²) in [4.78, 5) is 21.9. The summed E-state index contributed by atoms with van der Waals surface area (Å²) < 4.78 is 12.0. The first-order chi connectivity index (χ1) is 6.13. The Bertz CT molecular complexity index is 222. The van der Waals surface area contributed by atoms with Crippen molar-refractivity contribution in [1.29, 1.82) is 0 Å². The van der Waals surface area contributed by atoms with Crippen molar-refractivity contribution in [1.82, 2.24) is 16.0 Å². The normalized spacial score (nSPS) is 23.2. The van der Waals surface area contributed by atoms with Gasteiger partial charge in [-0.25, -0.2) is 9.18 Å². The van der Waals surface area contributed by atoms with Crippen molar-refractivity contribution in [2.45, 2.75) is 19.0 Å². The Morgan fingerprint density at radius 1 is 1.85 bits per heavy atom. The maximum atomic E-state index is 12.0. The molecule has 0 saturated carbocycles. The summed E-state index contributed by atoms with van der Waals surface area (Å²) in [7, 11) is 0. The van der Waals surface area contributed by atoms with Gasteiger partial charge in [0.15, 0.2) is 0 Å². The number of carbonyl (C=O) groups excluding carboxylic acids is 2. The van der Waals surface area contributed by atoms with Crippen molar-refractivity contribution in [3.05, 3.63) is 0 Å². The van der Waals surface area contributed by atoms with E-state index >= 15 is 0 Å². The average Bonchev–Trinajstić information content (AvgIpc) is 2.51. The van der Waals surface area contributed by atoms with E-state index in [4.69, 9.17) is 0 Å². The lowest BCUT2D eigenvalue weighted by Gasteiger charge is -2.13. The van der Waals surface area contributed by atoms with Crippen molar-refractivity contribution < 1.29 is 14.0 Å². The third-order valence-corrected chi connectivity index (χ3v) is 1.71. The molecule has 5 nitrogen and oxygen atoms in total. The third kappa shape index (κ3) is 2.57. The number of amides is 3. The van der Waals surface area contributed by atoms with Gasteiger partial charge in [-0.3, -0.25) is 4.79 Å². The summed E-state index contributed by atoms with van der Waals surface area (Å²) in [6.07, 6.45) is 0. The van der Waals surface area contributed by atoms with Crippen LogP contribution in [0.15, 0.2) is 0 Å². The minimum Gasteiger partial charge on any atom is -0.349 e. The molecule has 0 aromatic rings. The van der Waals surface area contributed by atoms with Crippen LogP contribution in [0.2, 0.25) is 0 Å². The minimum absolute atomic E-state index is 0.254. The second-order valence-electron chi connectivity index (χ2n) is 2.97. The van der Waals surface area contributed by atoms with E-state index in [1.165, 1.54) is 0 Å². The van der Waals surface area contributed by atoms with E-state index in [0.717, 1.165) is 0 Å². The van der Waals surface area contributed by atoms with Crippen LogP contribution in [0.4, 0.5) is 9.18 Å². The van der Waals surface area contributed by atoms with Crippen LogP contribution in [-0.2, 0) is 4.79 Å². The molecule has 0 bridgehead atoms. The molecule has 6 heteroatoms. The SMILES string of the molecule is CC(CF)NC(=O)[C@@H]1CNC(=O)N1. The van der Waals surface area contributed by atoms with Gasteiger partial charge in [0.2, 0.25) is 5.91 Å². The number of rotatable bonds is 3. The van der Waals surface area contributed by atoms with E-state index in [0.29, 0.717) is 0 Å². The number of urea groups is 1. The fourth-order valence-electron chi connectivity index (χ4n) is 0.995. The van der Waals surface area contributed by atoms with Crippen LogP contribution in [0, 0.1) is 0 Å². The van der Waals surface area contributed by atoms with Gasteiger partial charge >= 0.3 is 6.03 Å². The van der Waals surface area contributed by atoms with Crippen LogP contribution in [0.5, 0.6) is 0 Å². The first-order valence-electron chi connectivity index (χ1n) is 4.04. The molecular formula is C7H12FN3O2. The lowest BCUT2D eigenvalue weighted by molar-refractivity contribution is -0.123. The Kier molecular flexibility index (Phi) is 3.05. The van der Waals surface area contributed by atoms with E-state index in [2.05, 4.69) is 16.0 Å². The van der Waals surface area contributed by atoms with E-state index in [1.54, 1.807) is 6.92 Å². The Hall–Kier alpha value is -1.33. The van der Waals surface area contributed by atoms with Gasteiger partial charge in [0, 0.05) is 6.54 Å². The molecule has 0 aliphatic carbocycles. The zero-order chi connectivity index (χ0) is 9.84. The first-order valence-corrected chi connectivity index (χ1v) is 4.04. The van der Waals surface area contributed by atoms with Crippen LogP contribution in [0.3, 0.4) is 0 Å². The molecule has 13 heavy (non-hydrogen) atoms. The molecule has 1 fully saturated rings. The molecule has 1 aliphatic heterocycles. The van der Waals surface area contributed by atoms with E-state index in [1.807, 2.05) is 0 Å². The zero-order valence-corrected chi connectivity index (χ0v) is 7.26. The predicted molar refractivity (Wildman–Crippen MR) is 43.9 cm³/mol. The summed E-state index contributed by atoms with van der Waals surface area (Å²) in [5, 5.41) is 7.26. The average molecular weight is 189 g/mol. The summed E-state index contributed by atoms with van der Waals surface area (Å²) in [5.41, 5.74) is 0. The molecule has 1 rings (SSSR count). The van der Waals surface area contributed by atoms with Crippen molar-refractivity contribution in [3.8, 4) is 0 Å². The standard InChI is InChI=1S/C7H12FN3O2/c1-4(2-8)10-6(12)5-3-9-7(13)11-5/h4-5H,2-3H2,1H3,(H,10,12)(H2,9,11,13)/t4?,5-/m0/s1. The number of carbonyl (C=O) groups is 2. The van der Waals surface area contributed by atoms with Crippen molar-refractivity contribution in [2.24, 2.45) is 0 Å². The highest BCUT2D eigenvalue weighted by Crippen LogP contribution is 1.92. The topological polar surface area (TPSA) is 70.2 Å². The molecule has 1 saturated heterocycles. The Morgan fingerprint density at radius 3 is 3.00 bits per heavy atom. The van der Waals surface area contributed by atoms with Gasteiger partial charge in [0.25, 0.3) is 0 Å². The smallest absolute Gasteiger partial charge is 0.315 e. The van der Waals surface area contributed by atoms with Gasteiger partial charge in [0.1, 0.15) is 12.7 Å². The second-order valence-corrected chi connectivity index (χ2v) is 2.97. The Morgan fingerprint density at radius 2 is 2.54 bits per heavy atom. The van der Waals surface area contributed by atoms with E-state index in [-0.39, 0.29) is 18.5 Å². The van der Waals surface area contributed by atoms with Crippen LogP contribution in [-0.4, -0.2) is 37.2 Å². The van der Waals surface area contributed by atoms with Crippen LogP contribution in [0.1, 0.15) is 6.92 Å². The van der Waals surface area contributed by atoms with Crippen molar-refractivity contribution in [2.75, 3.05) is 13.2 Å². The number of nitrogens with one attached hydrogen (secondary N) is 3. The van der Waals surface area contributed by atoms with Gasteiger partial charge in [-0.1, -0.05) is 0 Å². The Labute approximate surface area is 75.1 Å². The molecule has 0 aromatic carbocycles. The largest absolute Gasteiger partial charge is 0.349 e. The number of halogens is 1. The van der Waals surface area contributed by atoms with Gasteiger partial charge in [-0.05, 0) is 6.92 Å². The number of alkyl halides is 1. The molecular weight excluding hydrogens is 177 g/mol. The van der Waals surface area contributed by atoms with Gasteiger partial charge in [-0.2, -0.15) is 0 Å². The molecule has 1 aliphatic rings. The highest BCUT2D eigenvalue weighted by atomic mass is 19.1. The van der Waals surface area contributed by atoms with Gasteiger partial charge < -0.3 is 16.0 Å². The Balaban J connectivity index is 2.35. The van der Waals surface area contributed by atoms with E-state index in [9.17, 15) is 14.0 Å². The molecule has 3 N–H and O–H groups in total. The van der Waals surface area contributed by atoms with Crippen molar-refractivity contribution in [3.63, 3.8) is 0 Å². The molecule has 1 heterocycles. The summed E-state index contributed by atoms with van der Waals surface area (Å²) >= 11 is 0. The maximum Gasteiger partial charge on any atom is 0.315 e. The fraction of sp³-hybridized carbons (Fsp3) is 0.714. The molecule has 0 aromatic heterocycles. The third-order valence-electron chi connectivity index (χ3n) is 1.71. The number of hydrogen-bond donors (Lipinski definition) is 3. The molecule has 3 amide bonds. The highest BCUT2D eigenvalue weighted by molar-refractivity contribution is 5.90. The minimum atomic E-state index is -0.611. The molecule has 74 valence electrons. The molecule has 0 radical (unpaired) electrons. The second kappa shape index (κ2) is 4.06.